The van der Waals surface area contributed by atoms with Crippen molar-refractivity contribution in [2.24, 2.45) is 23.2 Å². The minimum absolute atomic E-state index is 0.762. The first-order valence-corrected chi connectivity index (χ1v) is 7.96. The Kier molecular flexibility index (Phi) is 3.23. The predicted molar refractivity (Wildman–Crippen MR) is 73.0 cm³/mol. The van der Waals surface area contributed by atoms with Crippen LogP contribution in [0, 0.1) is 23.2 Å². The van der Waals surface area contributed by atoms with Crippen LogP contribution in [0.1, 0.15) is 65.2 Å². The van der Waals surface area contributed by atoms with E-state index in [0.29, 0.717) is 0 Å². The lowest BCUT2D eigenvalue weighted by molar-refractivity contribution is -0.0620. The zero-order valence-corrected chi connectivity index (χ0v) is 11.7. The van der Waals surface area contributed by atoms with Crippen molar-refractivity contribution in [2.75, 3.05) is 6.54 Å². The molecule has 4 bridgehead atoms. The van der Waals surface area contributed by atoms with Crippen molar-refractivity contribution in [3.8, 4) is 0 Å². The van der Waals surface area contributed by atoms with Crippen LogP contribution in [0.4, 0.5) is 0 Å². The molecular weight excluding hydrogens is 206 g/mol. The summed E-state index contributed by atoms with van der Waals surface area (Å²) in [5.74, 6) is 3.33. The summed E-state index contributed by atoms with van der Waals surface area (Å²) in [6.07, 6.45) is 12.2. The molecule has 1 unspecified atom stereocenters. The van der Waals surface area contributed by atoms with E-state index >= 15 is 0 Å². The number of hydrogen-bond donors (Lipinski definition) is 1. The SMILES string of the molecule is CCNC(CC)CC12CC3CC(CC(C3)C1)C2. The molecule has 0 aromatic heterocycles. The molecule has 0 radical (unpaired) electrons. The molecule has 0 aromatic rings. The Labute approximate surface area is 107 Å². The maximum Gasteiger partial charge on any atom is 0.00696 e. The Balaban J connectivity index is 1.69. The first-order valence-electron chi connectivity index (χ1n) is 7.96. The molecule has 0 spiro atoms. The van der Waals surface area contributed by atoms with Crippen LogP contribution in [0.5, 0.6) is 0 Å². The molecule has 4 aliphatic rings. The smallest absolute Gasteiger partial charge is 0.00696 e. The molecule has 0 aliphatic heterocycles. The van der Waals surface area contributed by atoms with Crippen LogP contribution >= 0.6 is 0 Å². The number of hydrogen-bond acceptors (Lipinski definition) is 1. The Morgan fingerprint density at radius 2 is 1.53 bits per heavy atom. The largest absolute Gasteiger partial charge is 0.314 e. The van der Waals surface area contributed by atoms with Crippen LogP contribution in [0.25, 0.3) is 0 Å². The van der Waals surface area contributed by atoms with Gasteiger partial charge in [0.1, 0.15) is 0 Å². The van der Waals surface area contributed by atoms with Gasteiger partial charge in [0, 0.05) is 6.04 Å². The van der Waals surface area contributed by atoms with Crippen molar-refractivity contribution in [1.82, 2.24) is 5.32 Å². The summed E-state index contributed by atoms with van der Waals surface area (Å²) in [7, 11) is 0. The van der Waals surface area contributed by atoms with Gasteiger partial charge < -0.3 is 5.32 Å². The zero-order valence-electron chi connectivity index (χ0n) is 11.7. The molecule has 4 fully saturated rings. The lowest BCUT2D eigenvalue weighted by Crippen LogP contribution is -2.48. The molecule has 17 heavy (non-hydrogen) atoms. The van der Waals surface area contributed by atoms with E-state index in [4.69, 9.17) is 0 Å². The van der Waals surface area contributed by atoms with Crippen molar-refractivity contribution in [1.29, 1.82) is 0 Å². The van der Waals surface area contributed by atoms with Crippen molar-refractivity contribution < 1.29 is 0 Å². The first-order chi connectivity index (χ1) is 8.23. The lowest BCUT2D eigenvalue weighted by atomic mass is 9.48. The highest BCUT2D eigenvalue weighted by atomic mass is 14.9. The molecule has 4 aliphatic carbocycles. The molecule has 0 amide bonds. The van der Waals surface area contributed by atoms with Gasteiger partial charge in [0.25, 0.3) is 0 Å². The number of nitrogens with one attached hydrogen (secondary N) is 1. The van der Waals surface area contributed by atoms with E-state index < -0.39 is 0 Å². The van der Waals surface area contributed by atoms with E-state index in [1.165, 1.54) is 12.8 Å². The second-order valence-electron chi connectivity index (χ2n) is 7.28. The van der Waals surface area contributed by atoms with E-state index in [1.807, 2.05) is 0 Å². The molecule has 4 rings (SSSR count). The van der Waals surface area contributed by atoms with Crippen LogP contribution in [0.3, 0.4) is 0 Å². The van der Waals surface area contributed by atoms with Crippen LogP contribution in [-0.4, -0.2) is 12.6 Å². The molecule has 0 aromatic carbocycles. The van der Waals surface area contributed by atoms with E-state index in [1.54, 1.807) is 38.5 Å². The van der Waals surface area contributed by atoms with Crippen molar-refractivity contribution in [3.63, 3.8) is 0 Å². The first kappa shape index (κ1) is 12.0. The van der Waals surface area contributed by atoms with E-state index in [2.05, 4.69) is 19.2 Å². The normalized spacial score (nSPS) is 45.2. The lowest BCUT2D eigenvalue weighted by Gasteiger charge is -2.57. The monoisotopic (exact) mass is 235 g/mol. The molecule has 1 atom stereocenters. The third kappa shape index (κ3) is 2.28. The average molecular weight is 235 g/mol. The van der Waals surface area contributed by atoms with Gasteiger partial charge in [-0.05, 0) is 81.1 Å². The minimum atomic E-state index is 0.762. The fourth-order valence-corrected chi connectivity index (χ4v) is 5.71. The van der Waals surface area contributed by atoms with Crippen molar-refractivity contribution >= 4 is 0 Å². The summed E-state index contributed by atoms with van der Waals surface area (Å²) in [5, 5.41) is 3.71. The van der Waals surface area contributed by atoms with Gasteiger partial charge >= 0.3 is 0 Å². The molecule has 0 saturated heterocycles. The third-order valence-electron chi connectivity index (χ3n) is 5.83. The maximum atomic E-state index is 3.71. The van der Waals surface area contributed by atoms with E-state index in [0.717, 1.165) is 35.8 Å². The van der Waals surface area contributed by atoms with E-state index in [-0.39, 0.29) is 0 Å². The van der Waals surface area contributed by atoms with Crippen LogP contribution < -0.4 is 5.32 Å². The molecule has 0 heterocycles. The average Bonchev–Trinajstić information content (AvgIpc) is 2.26. The van der Waals surface area contributed by atoms with Gasteiger partial charge in [-0.3, -0.25) is 0 Å². The Morgan fingerprint density at radius 3 is 1.94 bits per heavy atom. The highest BCUT2D eigenvalue weighted by molar-refractivity contribution is 5.02. The Hall–Kier alpha value is -0.0400. The minimum Gasteiger partial charge on any atom is -0.314 e. The summed E-state index contributed by atoms with van der Waals surface area (Å²) in [5.41, 5.74) is 0.762. The van der Waals surface area contributed by atoms with Gasteiger partial charge in [-0.15, -0.1) is 0 Å². The molecule has 1 nitrogen and oxygen atoms in total. The second kappa shape index (κ2) is 4.57. The summed E-state index contributed by atoms with van der Waals surface area (Å²) in [4.78, 5) is 0. The van der Waals surface area contributed by atoms with Gasteiger partial charge in [0.05, 0.1) is 0 Å². The Bertz CT molecular complexity index is 235. The van der Waals surface area contributed by atoms with Gasteiger partial charge in [0.15, 0.2) is 0 Å². The summed E-state index contributed by atoms with van der Waals surface area (Å²) < 4.78 is 0. The second-order valence-corrected chi connectivity index (χ2v) is 7.28. The topological polar surface area (TPSA) is 12.0 Å². The van der Waals surface area contributed by atoms with Crippen LogP contribution in [-0.2, 0) is 0 Å². The molecular formula is C16H29N. The Morgan fingerprint density at radius 1 is 1.00 bits per heavy atom. The molecule has 1 heteroatoms. The van der Waals surface area contributed by atoms with Crippen LogP contribution in [0.2, 0.25) is 0 Å². The number of rotatable bonds is 5. The molecule has 1 N–H and O–H groups in total. The van der Waals surface area contributed by atoms with Crippen molar-refractivity contribution in [2.45, 2.75) is 71.3 Å². The standard InChI is InChI=1S/C16H29N/c1-3-15(17-4-2)11-16-8-12-5-13(9-16)7-14(6-12)10-16/h12-15,17H,3-11H2,1-2H3. The predicted octanol–water partition coefficient (Wildman–Crippen LogP) is 3.98. The zero-order chi connectivity index (χ0) is 11.9. The fourth-order valence-electron chi connectivity index (χ4n) is 5.71. The molecule has 98 valence electrons. The highest BCUT2D eigenvalue weighted by Crippen LogP contribution is 2.61. The van der Waals surface area contributed by atoms with Gasteiger partial charge in [-0.25, -0.2) is 0 Å². The quantitative estimate of drug-likeness (QED) is 0.760. The van der Waals surface area contributed by atoms with Gasteiger partial charge in [-0.1, -0.05) is 13.8 Å². The third-order valence-corrected chi connectivity index (χ3v) is 5.83. The van der Waals surface area contributed by atoms with Crippen molar-refractivity contribution in [3.05, 3.63) is 0 Å². The summed E-state index contributed by atoms with van der Waals surface area (Å²) >= 11 is 0. The highest BCUT2D eigenvalue weighted by Gasteiger charge is 2.50. The van der Waals surface area contributed by atoms with Gasteiger partial charge in [0.2, 0.25) is 0 Å². The van der Waals surface area contributed by atoms with Crippen LogP contribution in [0.15, 0.2) is 0 Å². The van der Waals surface area contributed by atoms with Gasteiger partial charge in [-0.2, -0.15) is 0 Å². The fraction of sp³-hybridized carbons (Fsp3) is 1.00. The van der Waals surface area contributed by atoms with E-state index in [9.17, 15) is 0 Å². The summed E-state index contributed by atoms with van der Waals surface area (Å²) in [6, 6.07) is 0.788. The molecule has 4 saturated carbocycles. The summed E-state index contributed by atoms with van der Waals surface area (Å²) in [6.45, 7) is 5.75. The maximum absolute atomic E-state index is 3.71.